The summed E-state index contributed by atoms with van der Waals surface area (Å²) in [6.45, 7) is 9.14. The molecule has 1 N–H and O–H groups in total. The highest BCUT2D eigenvalue weighted by atomic mass is 19.3. The lowest BCUT2D eigenvalue weighted by Gasteiger charge is -2.35. The Morgan fingerprint density at radius 2 is 2.00 bits per heavy atom. The minimum atomic E-state index is -4.50. The van der Waals surface area contributed by atoms with Crippen LogP contribution in [0.3, 0.4) is 0 Å². The second-order valence-corrected chi connectivity index (χ2v) is 6.00. The third-order valence-corrected chi connectivity index (χ3v) is 3.89. The Morgan fingerprint density at radius 1 is 1.33 bits per heavy atom. The van der Waals surface area contributed by atoms with Crippen molar-refractivity contribution in [1.82, 2.24) is 10.2 Å². The van der Waals surface area contributed by atoms with Gasteiger partial charge in [0.2, 0.25) is 0 Å². The molecule has 2 rings (SSSR count). The van der Waals surface area contributed by atoms with Crippen molar-refractivity contribution in [1.29, 1.82) is 0 Å². The van der Waals surface area contributed by atoms with E-state index in [1.54, 1.807) is 12.1 Å². The summed E-state index contributed by atoms with van der Waals surface area (Å²) in [5.41, 5.74) is 1.71. The molecule has 1 heterocycles. The first kappa shape index (κ1) is 18.7. The van der Waals surface area contributed by atoms with E-state index in [-0.39, 0.29) is 11.8 Å². The van der Waals surface area contributed by atoms with Crippen molar-refractivity contribution in [3.63, 3.8) is 0 Å². The fourth-order valence-corrected chi connectivity index (χ4v) is 2.77. The van der Waals surface area contributed by atoms with E-state index in [4.69, 9.17) is 0 Å². The summed E-state index contributed by atoms with van der Waals surface area (Å²) in [5.74, 6) is -0.264. The van der Waals surface area contributed by atoms with Gasteiger partial charge in [0.15, 0.2) is 0 Å². The van der Waals surface area contributed by atoms with E-state index < -0.39 is 12.5 Å². The van der Waals surface area contributed by atoms with Crippen LogP contribution in [0.1, 0.15) is 24.9 Å². The fourth-order valence-electron chi connectivity index (χ4n) is 2.77. The maximum atomic E-state index is 13.1. The minimum Gasteiger partial charge on any atom is -0.428 e. The van der Waals surface area contributed by atoms with Gasteiger partial charge in [-0.2, -0.15) is 17.6 Å². The van der Waals surface area contributed by atoms with Gasteiger partial charge in [-0.3, -0.25) is 4.90 Å². The number of alkyl halides is 4. The number of piperazine rings is 1. The maximum Gasteiger partial charge on any atom is 0.461 e. The molecule has 1 saturated heterocycles. The highest BCUT2D eigenvalue weighted by Crippen LogP contribution is 2.32. The molecule has 1 aromatic rings. The molecule has 1 fully saturated rings. The second-order valence-electron chi connectivity index (χ2n) is 6.00. The van der Waals surface area contributed by atoms with Gasteiger partial charge in [-0.15, -0.1) is 6.58 Å². The van der Waals surface area contributed by atoms with Crippen molar-refractivity contribution < 1.29 is 22.3 Å². The molecular formula is C17H22F4N2O. The van der Waals surface area contributed by atoms with Crippen molar-refractivity contribution in [2.45, 2.75) is 31.9 Å². The summed E-state index contributed by atoms with van der Waals surface area (Å²) < 4.78 is 55.1. The highest BCUT2D eigenvalue weighted by Gasteiger charge is 2.44. The van der Waals surface area contributed by atoms with E-state index in [2.05, 4.69) is 21.5 Å². The van der Waals surface area contributed by atoms with Gasteiger partial charge in [0.25, 0.3) is 0 Å². The van der Waals surface area contributed by atoms with E-state index >= 15 is 0 Å². The molecule has 0 aliphatic carbocycles. The SMILES string of the molecule is C=C(C)C[C@@H](c1cccc(OC(F)(F)C(F)F)c1)N1CCNCC1. The zero-order chi connectivity index (χ0) is 17.7. The number of benzene rings is 1. The smallest absolute Gasteiger partial charge is 0.428 e. The van der Waals surface area contributed by atoms with Gasteiger partial charge in [0.1, 0.15) is 5.75 Å². The number of hydrogen-bond acceptors (Lipinski definition) is 3. The Kier molecular flexibility index (Phi) is 6.23. The lowest BCUT2D eigenvalue weighted by molar-refractivity contribution is -0.253. The van der Waals surface area contributed by atoms with E-state index in [0.717, 1.165) is 37.3 Å². The molecule has 3 nitrogen and oxygen atoms in total. The Labute approximate surface area is 139 Å². The van der Waals surface area contributed by atoms with Crippen LogP contribution in [0.2, 0.25) is 0 Å². The van der Waals surface area contributed by atoms with Crippen molar-refractivity contribution in [3.05, 3.63) is 42.0 Å². The first-order valence-corrected chi connectivity index (χ1v) is 7.83. The second kappa shape index (κ2) is 7.98. The first-order chi connectivity index (χ1) is 11.3. The lowest BCUT2D eigenvalue weighted by atomic mass is 9.98. The fraction of sp³-hybridized carbons (Fsp3) is 0.529. The van der Waals surface area contributed by atoms with Crippen LogP contribution < -0.4 is 10.1 Å². The van der Waals surface area contributed by atoms with Gasteiger partial charge in [0.05, 0.1) is 0 Å². The molecule has 1 atom stereocenters. The van der Waals surface area contributed by atoms with Crippen molar-refractivity contribution in [2.75, 3.05) is 26.2 Å². The van der Waals surface area contributed by atoms with E-state index in [9.17, 15) is 17.6 Å². The Bertz CT molecular complexity index is 559. The third-order valence-electron chi connectivity index (χ3n) is 3.89. The largest absolute Gasteiger partial charge is 0.461 e. The van der Waals surface area contributed by atoms with Crippen molar-refractivity contribution in [2.24, 2.45) is 0 Å². The van der Waals surface area contributed by atoms with E-state index in [1.807, 2.05) is 6.92 Å². The molecule has 7 heteroatoms. The quantitative estimate of drug-likeness (QED) is 0.600. The summed E-state index contributed by atoms with van der Waals surface area (Å²) in [6.07, 6.45) is -7.72. The van der Waals surface area contributed by atoms with Gasteiger partial charge in [-0.1, -0.05) is 17.7 Å². The molecule has 24 heavy (non-hydrogen) atoms. The molecule has 1 aromatic carbocycles. The van der Waals surface area contributed by atoms with Gasteiger partial charge < -0.3 is 10.1 Å². The molecular weight excluding hydrogens is 324 g/mol. The van der Waals surface area contributed by atoms with Crippen LogP contribution in [0.25, 0.3) is 0 Å². The van der Waals surface area contributed by atoms with Crippen molar-refractivity contribution in [3.8, 4) is 5.75 Å². The predicted octanol–water partition coefficient (Wildman–Crippen LogP) is 3.84. The van der Waals surface area contributed by atoms with Crippen LogP contribution in [0.15, 0.2) is 36.4 Å². The monoisotopic (exact) mass is 346 g/mol. The molecule has 0 saturated carbocycles. The van der Waals surface area contributed by atoms with Gasteiger partial charge in [0, 0.05) is 32.2 Å². The van der Waals surface area contributed by atoms with Crippen LogP contribution in [-0.4, -0.2) is 43.6 Å². The highest BCUT2D eigenvalue weighted by molar-refractivity contribution is 5.31. The molecule has 0 spiro atoms. The zero-order valence-electron chi connectivity index (χ0n) is 13.6. The number of nitrogens with one attached hydrogen (secondary N) is 1. The normalized spacial score (nSPS) is 17.8. The minimum absolute atomic E-state index is 0.0478. The number of rotatable bonds is 7. The number of halogens is 4. The number of nitrogens with zero attached hydrogens (tertiary/aromatic N) is 1. The van der Waals surface area contributed by atoms with Crippen LogP contribution in [-0.2, 0) is 0 Å². The van der Waals surface area contributed by atoms with Crippen LogP contribution in [0.4, 0.5) is 17.6 Å². The van der Waals surface area contributed by atoms with E-state index in [1.165, 1.54) is 12.1 Å². The molecule has 1 aliphatic heterocycles. The van der Waals surface area contributed by atoms with Gasteiger partial charge >= 0.3 is 12.5 Å². The average molecular weight is 346 g/mol. The molecule has 0 amide bonds. The molecule has 0 aromatic heterocycles. The van der Waals surface area contributed by atoms with Crippen LogP contribution >= 0.6 is 0 Å². The summed E-state index contributed by atoms with van der Waals surface area (Å²) in [6, 6.07) is 5.96. The summed E-state index contributed by atoms with van der Waals surface area (Å²) in [7, 11) is 0. The van der Waals surface area contributed by atoms with Gasteiger partial charge in [-0.05, 0) is 31.0 Å². The number of hydrogen-bond donors (Lipinski definition) is 1. The summed E-state index contributed by atoms with van der Waals surface area (Å²) >= 11 is 0. The Morgan fingerprint density at radius 3 is 2.58 bits per heavy atom. The molecule has 0 radical (unpaired) electrons. The third kappa shape index (κ3) is 4.95. The van der Waals surface area contributed by atoms with Crippen molar-refractivity contribution >= 4 is 0 Å². The molecule has 0 bridgehead atoms. The summed E-state index contributed by atoms with van der Waals surface area (Å²) in [5, 5.41) is 3.26. The van der Waals surface area contributed by atoms with Crippen LogP contribution in [0.5, 0.6) is 5.75 Å². The first-order valence-electron chi connectivity index (χ1n) is 7.83. The zero-order valence-corrected chi connectivity index (χ0v) is 13.6. The molecule has 0 unspecified atom stereocenters. The molecule has 1 aliphatic rings. The molecule has 134 valence electrons. The summed E-state index contributed by atoms with van der Waals surface area (Å²) in [4.78, 5) is 2.23. The lowest BCUT2D eigenvalue weighted by Crippen LogP contribution is -2.45. The standard InChI is InChI=1S/C17H22F4N2O/c1-12(2)10-15(23-8-6-22-7-9-23)13-4-3-5-14(11-13)24-17(20,21)16(18)19/h3-5,11,15-16,22H,1,6-10H2,2H3/t15-/m0/s1. The van der Waals surface area contributed by atoms with Gasteiger partial charge in [-0.25, -0.2) is 0 Å². The Hall–Kier alpha value is -1.60. The predicted molar refractivity (Wildman–Crippen MR) is 84.6 cm³/mol. The Balaban J connectivity index is 2.23. The topological polar surface area (TPSA) is 24.5 Å². The number of ether oxygens (including phenoxy) is 1. The van der Waals surface area contributed by atoms with Crippen LogP contribution in [0, 0.1) is 0 Å². The average Bonchev–Trinajstić information content (AvgIpc) is 2.53. The van der Waals surface area contributed by atoms with E-state index in [0.29, 0.717) is 6.42 Å². The maximum absolute atomic E-state index is 13.1.